The molecule has 2 aromatic rings. The predicted octanol–water partition coefficient (Wildman–Crippen LogP) is 4.18. The summed E-state index contributed by atoms with van der Waals surface area (Å²) < 4.78 is 5.41. The second-order valence-electron chi connectivity index (χ2n) is 6.92. The van der Waals surface area contributed by atoms with E-state index in [2.05, 4.69) is 10.6 Å². The van der Waals surface area contributed by atoms with E-state index in [1.165, 1.54) is 0 Å². The highest BCUT2D eigenvalue weighted by Crippen LogP contribution is 2.17. The summed E-state index contributed by atoms with van der Waals surface area (Å²) in [6.45, 7) is 8.44. The molecule has 2 N–H and O–H groups in total. The molecule has 2 aromatic carbocycles. The second kappa shape index (κ2) is 9.76. The highest BCUT2D eigenvalue weighted by atomic mass is 16.5. The zero-order valence-electron chi connectivity index (χ0n) is 16.4. The Hall–Kier alpha value is -2.82. The van der Waals surface area contributed by atoms with E-state index < -0.39 is 6.04 Å². The Kier molecular flexibility index (Phi) is 7.41. The third kappa shape index (κ3) is 6.13. The molecule has 0 saturated carbocycles. The van der Waals surface area contributed by atoms with Gasteiger partial charge in [-0.1, -0.05) is 32.0 Å². The molecule has 2 rings (SSSR count). The van der Waals surface area contributed by atoms with Crippen LogP contribution in [0.15, 0.2) is 48.5 Å². The molecule has 0 unspecified atom stereocenters. The molecule has 0 heterocycles. The number of nitrogens with one attached hydrogen (secondary N) is 2. The van der Waals surface area contributed by atoms with E-state index in [4.69, 9.17) is 4.74 Å². The molecule has 0 aliphatic carbocycles. The van der Waals surface area contributed by atoms with E-state index in [1.54, 1.807) is 18.2 Å². The summed E-state index contributed by atoms with van der Waals surface area (Å²) >= 11 is 0. The lowest BCUT2D eigenvalue weighted by molar-refractivity contribution is -0.118. The number of aryl methyl sites for hydroxylation is 1. The Morgan fingerprint density at radius 1 is 1.04 bits per heavy atom. The molecule has 5 heteroatoms. The number of anilines is 1. The van der Waals surface area contributed by atoms with Crippen LogP contribution in [0.3, 0.4) is 0 Å². The van der Waals surface area contributed by atoms with Gasteiger partial charge in [-0.3, -0.25) is 9.59 Å². The highest BCUT2D eigenvalue weighted by Gasteiger charge is 2.23. The molecule has 1 atom stereocenters. The second-order valence-corrected chi connectivity index (χ2v) is 6.92. The number of amides is 2. The molecule has 2 amide bonds. The van der Waals surface area contributed by atoms with Crippen molar-refractivity contribution in [3.8, 4) is 5.75 Å². The van der Waals surface area contributed by atoms with Crippen LogP contribution in [-0.2, 0) is 4.79 Å². The lowest BCUT2D eigenvalue weighted by Crippen LogP contribution is -2.44. The number of hydrogen-bond donors (Lipinski definition) is 2. The molecule has 5 nitrogen and oxygen atoms in total. The predicted molar refractivity (Wildman–Crippen MR) is 108 cm³/mol. The maximum atomic E-state index is 12.8. The van der Waals surface area contributed by atoms with Gasteiger partial charge in [-0.05, 0) is 62.1 Å². The van der Waals surface area contributed by atoms with E-state index in [9.17, 15) is 9.59 Å². The summed E-state index contributed by atoms with van der Waals surface area (Å²) in [6.07, 6.45) is 0.556. The fourth-order valence-electron chi connectivity index (χ4n) is 2.80. The van der Waals surface area contributed by atoms with Gasteiger partial charge in [-0.25, -0.2) is 0 Å². The minimum Gasteiger partial charge on any atom is -0.494 e. The van der Waals surface area contributed by atoms with Crippen LogP contribution in [0.4, 0.5) is 5.69 Å². The SMILES string of the molecule is CCOc1ccc(NC(=O)[C@@H](CC(C)C)NC(=O)c2ccccc2C)cc1. The maximum absolute atomic E-state index is 12.8. The van der Waals surface area contributed by atoms with Crippen LogP contribution in [0, 0.1) is 12.8 Å². The molecule has 144 valence electrons. The molecule has 0 radical (unpaired) electrons. The molecular weight excluding hydrogens is 340 g/mol. The molecule has 0 saturated heterocycles. The van der Waals surface area contributed by atoms with Crippen LogP contribution < -0.4 is 15.4 Å². The summed E-state index contributed by atoms with van der Waals surface area (Å²) in [4.78, 5) is 25.4. The Bertz CT molecular complexity index is 769. The lowest BCUT2D eigenvalue weighted by Gasteiger charge is -2.21. The maximum Gasteiger partial charge on any atom is 0.252 e. The molecular formula is C22H28N2O3. The first-order chi connectivity index (χ1) is 12.9. The van der Waals surface area contributed by atoms with Gasteiger partial charge in [0, 0.05) is 11.3 Å². The van der Waals surface area contributed by atoms with Gasteiger partial charge in [0.1, 0.15) is 11.8 Å². The fourth-order valence-corrected chi connectivity index (χ4v) is 2.80. The fraction of sp³-hybridized carbons (Fsp3) is 0.364. The van der Waals surface area contributed by atoms with E-state index >= 15 is 0 Å². The summed E-state index contributed by atoms with van der Waals surface area (Å²) in [5, 5.41) is 5.76. The zero-order valence-corrected chi connectivity index (χ0v) is 16.4. The molecule has 0 aliphatic rings. The van der Waals surface area contributed by atoms with Gasteiger partial charge in [0.15, 0.2) is 0 Å². The minimum absolute atomic E-state index is 0.227. The van der Waals surface area contributed by atoms with Gasteiger partial charge in [-0.15, -0.1) is 0 Å². The average molecular weight is 368 g/mol. The zero-order chi connectivity index (χ0) is 19.8. The normalized spacial score (nSPS) is 11.7. The third-order valence-corrected chi connectivity index (χ3v) is 4.15. The van der Waals surface area contributed by atoms with Crippen molar-refractivity contribution in [2.75, 3.05) is 11.9 Å². The van der Waals surface area contributed by atoms with Crippen molar-refractivity contribution in [2.45, 2.75) is 40.2 Å². The van der Waals surface area contributed by atoms with Crippen LogP contribution in [0.5, 0.6) is 5.75 Å². The number of carbonyl (C=O) groups excluding carboxylic acids is 2. The summed E-state index contributed by atoms with van der Waals surface area (Å²) in [5.74, 6) is 0.552. The number of carbonyl (C=O) groups is 2. The van der Waals surface area contributed by atoms with Crippen LogP contribution >= 0.6 is 0 Å². The van der Waals surface area contributed by atoms with Crippen molar-refractivity contribution in [1.82, 2.24) is 5.32 Å². The summed E-state index contributed by atoms with van der Waals surface area (Å²) in [5.41, 5.74) is 2.13. The van der Waals surface area contributed by atoms with Gasteiger partial charge in [0.25, 0.3) is 5.91 Å². The van der Waals surface area contributed by atoms with Gasteiger partial charge in [-0.2, -0.15) is 0 Å². The Morgan fingerprint density at radius 3 is 2.30 bits per heavy atom. The van der Waals surface area contributed by atoms with Crippen molar-refractivity contribution >= 4 is 17.5 Å². The third-order valence-electron chi connectivity index (χ3n) is 4.15. The molecule has 0 aliphatic heterocycles. The first kappa shape index (κ1) is 20.5. The number of ether oxygens (including phenoxy) is 1. The number of rotatable bonds is 8. The van der Waals surface area contributed by atoms with Crippen LogP contribution in [0.2, 0.25) is 0 Å². The monoisotopic (exact) mass is 368 g/mol. The van der Waals surface area contributed by atoms with E-state index in [-0.39, 0.29) is 17.7 Å². The highest BCUT2D eigenvalue weighted by molar-refractivity contribution is 6.01. The Balaban J connectivity index is 2.09. The Morgan fingerprint density at radius 2 is 1.70 bits per heavy atom. The van der Waals surface area contributed by atoms with Crippen LogP contribution in [-0.4, -0.2) is 24.5 Å². The lowest BCUT2D eigenvalue weighted by atomic mass is 10.0. The van der Waals surface area contributed by atoms with Gasteiger partial charge in [0.2, 0.25) is 5.91 Å². The summed E-state index contributed by atoms with van der Waals surface area (Å²) in [7, 11) is 0. The van der Waals surface area contributed by atoms with Gasteiger partial charge in [0.05, 0.1) is 6.61 Å². The molecule has 27 heavy (non-hydrogen) atoms. The van der Waals surface area contributed by atoms with Crippen LogP contribution in [0.1, 0.15) is 43.1 Å². The van der Waals surface area contributed by atoms with Crippen molar-refractivity contribution in [3.05, 3.63) is 59.7 Å². The largest absolute Gasteiger partial charge is 0.494 e. The molecule has 0 fully saturated rings. The van der Waals surface area contributed by atoms with Gasteiger partial charge >= 0.3 is 0 Å². The number of benzene rings is 2. The van der Waals surface area contributed by atoms with Crippen molar-refractivity contribution in [1.29, 1.82) is 0 Å². The van der Waals surface area contributed by atoms with Crippen molar-refractivity contribution < 1.29 is 14.3 Å². The molecule has 0 aromatic heterocycles. The van der Waals surface area contributed by atoms with E-state index in [1.807, 2.05) is 58.0 Å². The first-order valence-electron chi connectivity index (χ1n) is 9.31. The minimum atomic E-state index is -0.608. The molecule has 0 bridgehead atoms. The van der Waals surface area contributed by atoms with Gasteiger partial charge < -0.3 is 15.4 Å². The number of hydrogen-bond acceptors (Lipinski definition) is 3. The topological polar surface area (TPSA) is 67.4 Å². The van der Waals surface area contributed by atoms with E-state index in [0.717, 1.165) is 11.3 Å². The Labute approximate surface area is 161 Å². The van der Waals surface area contributed by atoms with Crippen molar-refractivity contribution in [2.24, 2.45) is 5.92 Å². The van der Waals surface area contributed by atoms with E-state index in [0.29, 0.717) is 24.3 Å². The smallest absolute Gasteiger partial charge is 0.252 e. The van der Waals surface area contributed by atoms with Crippen molar-refractivity contribution in [3.63, 3.8) is 0 Å². The van der Waals surface area contributed by atoms with Crippen LogP contribution in [0.25, 0.3) is 0 Å². The average Bonchev–Trinajstić information content (AvgIpc) is 2.63. The molecule has 0 spiro atoms. The quantitative estimate of drug-likeness (QED) is 0.735. The standard InChI is InChI=1S/C22H28N2O3/c1-5-27-18-12-10-17(11-13-18)23-22(26)20(14-15(2)3)24-21(25)19-9-7-6-8-16(19)4/h6-13,15,20H,5,14H2,1-4H3,(H,23,26)(H,24,25)/t20-/m1/s1. The first-order valence-corrected chi connectivity index (χ1v) is 9.31. The summed E-state index contributed by atoms with van der Waals surface area (Å²) in [6, 6.07) is 13.9.